The number of sulfonamides is 1. The topological polar surface area (TPSA) is 101 Å². The first-order chi connectivity index (χ1) is 13.0. The number of hydrogen-bond acceptors (Lipinski definition) is 6. The standard InChI is InChI=1S/C18H14N4O3S2/c1-19-27(24,25)12-7-9-14-16(10-12)26-18(21-14)22-17(23)15-8-6-11-4-2-3-5-13(11)20-15/h2-10,19H,1H3,(H,21,22,23). The number of fused-ring (bicyclic) bond motifs is 2. The fourth-order valence-electron chi connectivity index (χ4n) is 2.60. The van der Waals surface area contributed by atoms with E-state index >= 15 is 0 Å². The number of nitrogens with one attached hydrogen (secondary N) is 2. The molecule has 0 fully saturated rings. The number of aromatic nitrogens is 2. The van der Waals surface area contributed by atoms with E-state index in [0.29, 0.717) is 15.3 Å². The van der Waals surface area contributed by atoms with Crippen molar-refractivity contribution in [1.82, 2.24) is 14.7 Å². The van der Waals surface area contributed by atoms with Crippen LogP contribution in [0.4, 0.5) is 5.13 Å². The molecule has 1 amide bonds. The van der Waals surface area contributed by atoms with E-state index in [1.165, 1.54) is 30.5 Å². The summed E-state index contributed by atoms with van der Waals surface area (Å²) in [6, 6.07) is 15.6. The van der Waals surface area contributed by atoms with Crippen molar-refractivity contribution in [2.75, 3.05) is 12.4 Å². The van der Waals surface area contributed by atoms with Gasteiger partial charge in [-0.05, 0) is 37.4 Å². The Labute approximate surface area is 159 Å². The van der Waals surface area contributed by atoms with E-state index in [0.717, 1.165) is 10.9 Å². The predicted molar refractivity (Wildman–Crippen MR) is 106 cm³/mol. The fraction of sp³-hybridized carbons (Fsp3) is 0.0556. The van der Waals surface area contributed by atoms with Gasteiger partial charge >= 0.3 is 0 Å². The molecule has 0 bridgehead atoms. The third-order valence-corrected chi connectivity index (χ3v) is 6.34. The predicted octanol–water partition coefficient (Wildman–Crippen LogP) is 3.00. The molecule has 0 radical (unpaired) electrons. The molecule has 27 heavy (non-hydrogen) atoms. The second-order valence-corrected chi connectivity index (χ2v) is 8.62. The zero-order valence-corrected chi connectivity index (χ0v) is 15.8. The molecule has 0 aliphatic rings. The van der Waals surface area contributed by atoms with Gasteiger partial charge in [-0.1, -0.05) is 35.6 Å². The zero-order chi connectivity index (χ0) is 19.0. The fourth-order valence-corrected chi connectivity index (χ4v) is 4.33. The SMILES string of the molecule is CNS(=O)(=O)c1ccc2nc(NC(=O)c3ccc4ccccc4n3)sc2c1. The molecular formula is C18H14N4O3S2. The van der Waals surface area contributed by atoms with Crippen LogP contribution in [0.5, 0.6) is 0 Å². The summed E-state index contributed by atoms with van der Waals surface area (Å²) in [5.41, 5.74) is 1.62. The molecule has 4 aromatic rings. The lowest BCUT2D eigenvalue weighted by Crippen LogP contribution is -2.18. The lowest BCUT2D eigenvalue weighted by Gasteiger charge is -2.02. The summed E-state index contributed by atoms with van der Waals surface area (Å²) in [7, 11) is -2.18. The van der Waals surface area contributed by atoms with Gasteiger partial charge in [-0.25, -0.2) is 23.1 Å². The van der Waals surface area contributed by atoms with E-state index in [1.807, 2.05) is 30.3 Å². The third-order valence-electron chi connectivity index (χ3n) is 3.99. The Morgan fingerprint density at radius 3 is 2.63 bits per heavy atom. The summed E-state index contributed by atoms with van der Waals surface area (Å²) >= 11 is 1.20. The zero-order valence-electron chi connectivity index (χ0n) is 14.1. The minimum absolute atomic E-state index is 0.148. The lowest BCUT2D eigenvalue weighted by molar-refractivity contribution is 0.102. The van der Waals surface area contributed by atoms with E-state index in [9.17, 15) is 13.2 Å². The Bertz CT molecular complexity index is 1280. The van der Waals surface area contributed by atoms with E-state index in [2.05, 4.69) is 20.0 Å². The van der Waals surface area contributed by atoms with E-state index in [4.69, 9.17) is 0 Å². The van der Waals surface area contributed by atoms with Crippen LogP contribution < -0.4 is 10.0 Å². The smallest absolute Gasteiger partial charge is 0.276 e. The minimum atomic E-state index is -3.54. The number of thiazole rings is 1. The van der Waals surface area contributed by atoms with Gasteiger partial charge in [0.25, 0.3) is 5.91 Å². The number of hydrogen-bond donors (Lipinski definition) is 2. The first kappa shape index (κ1) is 17.5. The van der Waals surface area contributed by atoms with Crippen LogP contribution in [0.3, 0.4) is 0 Å². The van der Waals surface area contributed by atoms with Crippen LogP contribution in [0, 0.1) is 0 Å². The molecule has 0 saturated heterocycles. The maximum atomic E-state index is 12.5. The largest absolute Gasteiger partial charge is 0.296 e. The number of carbonyl (C=O) groups is 1. The highest BCUT2D eigenvalue weighted by molar-refractivity contribution is 7.89. The van der Waals surface area contributed by atoms with Crippen LogP contribution in [0.25, 0.3) is 21.1 Å². The first-order valence-electron chi connectivity index (χ1n) is 7.97. The molecule has 2 N–H and O–H groups in total. The highest BCUT2D eigenvalue weighted by Gasteiger charge is 2.15. The summed E-state index contributed by atoms with van der Waals surface area (Å²) in [6.45, 7) is 0. The Morgan fingerprint density at radius 2 is 1.81 bits per heavy atom. The molecule has 0 spiro atoms. The number of amides is 1. The molecule has 0 saturated carbocycles. The summed E-state index contributed by atoms with van der Waals surface area (Å²) < 4.78 is 26.8. The molecule has 9 heteroatoms. The Hall–Kier alpha value is -2.88. The van der Waals surface area contributed by atoms with E-state index in [1.54, 1.807) is 12.1 Å². The highest BCUT2D eigenvalue weighted by Crippen LogP contribution is 2.28. The van der Waals surface area contributed by atoms with E-state index in [-0.39, 0.29) is 16.5 Å². The molecule has 0 unspecified atom stereocenters. The van der Waals surface area contributed by atoms with Gasteiger partial charge in [-0.3, -0.25) is 10.1 Å². The van der Waals surface area contributed by atoms with Crippen molar-refractivity contribution < 1.29 is 13.2 Å². The van der Waals surface area contributed by atoms with Gasteiger partial charge in [0.1, 0.15) is 5.69 Å². The van der Waals surface area contributed by atoms with Gasteiger partial charge in [0.15, 0.2) is 5.13 Å². The number of benzene rings is 2. The van der Waals surface area contributed by atoms with Gasteiger partial charge < -0.3 is 0 Å². The van der Waals surface area contributed by atoms with Crippen LogP contribution in [0.15, 0.2) is 59.5 Å². The molecule has 4 rings (SSSR count). The normalized spacial score (nSPS) is 11.7. The number of para-hydroxylation sites is 1. The number of anilines is 1. The van der Waals surface area contributed by atoms with Crippen LogP contribution in [-0.2, 0) is 10.0 Å². The van der Waals surface area contributed by atoms with Crippen LogP contribution in [0.1, 0.15) is 10.5 Å². The molecule has 0 atom stereocenters. The maximum Gasteiger partial charge on any atom is 0.276 e. The number of pyridine rings is 1. The summed E-state index contributed by atoms with van der Waals surface area (Å²) in [6.07, 6.45) is 0. The average Bonchev–Trinajstić information content (AvgIpc) is 3.08. The second kappa shape index (κ2) is 6.69. The molecule has 2 aromatic carbocycles. The highest BCUT2D eigenvalue weighted by atomic mass is 32.2. The molecule has 2 aromatic heterocycles. The number of rotatable bonds is 4. The van der Waals surface area contributed by atoms with Crippen LogP contribution in [-0.4, -0.2) is 31.3 Å². The molecule has 0 aliphatic carbocycles. The van der Waals surface area contributed by atoms with Gasteiger partial charge in [0.05, 0.1) is 20.6 Å². The Balaban J connectivity index is 1.63. The average molecular weight is 398 g/mol. The van der Waals surface area contributed by atoms with Gasteiger partial charge in [0.2, 0.25) is 10.0 Å². The van der Waals surface area contributed by atoms with Gasteiger partial charge in [0, 0.05) is 5.39 Å². The van der Waals surface area contributed by atoms with Crippen molar-refractivity contribution in [1.29, 1.82) is 0 Å². The summed E-state index contributed by atoms with van der Waals surface area (Å²) in [4.78, 5) is 21.3. The van der Waals surface area contributed by atoms with Crippen molar-refractivity contribution in [2.24, 2.45) is 0 Å². The van der Waals surface area contributed by atoms with Gasteiger partial charge in [-0.2, -0.15) is 0 Å². The van der Waals surface area contributed by atoms with Crippen LogP contribution >= 0.6 is 11.3 Å². The molecule has 0 aliphatic heterocycles. The van der Waals surface area contributed by atoms with Crippen molar-refractivity contribution in [3.8, 4) is 0 Å². The molecule has 7 nitrogen and oxygen atoms in total. The van der Waals surface area contributed by atoms with Crippen molar-refractivity contribution in [2.45, 2.75) is 4.90 Å². The van der Waals surface area contributed by atoms with Crippen LogP contribution in [0.2, 0.25) is 0 Å². The summed E-state index contributed by atoms with van der Waals surface area (Å²) in [5, 5.41) is 4.06. The van der Waals surface area contributed by atoms with Crippen molar-refractivity contribution >= 4 is 53.5 Å². The third kappa shape index (κ3) is 3.39. The lowest BCUT2D eigenvalue weighted by atomic mass is 10.2. The Morgan fingerprint density at radius 1 is 1.00 bits per heavy atom. The van der Waals surface area contributed by atoms with Crippen molar-refractivity contribution in [3.63, 3.8) is 0 Å². The number of nitrogens with zero attached hydrogens (tertiary/aromatic N) is 2. The molecule has 136 valence electrons. The van der Waals surface area contributed by atoms with Crippen molar-refractivity contribution in [3.05, 3.63) is 60.3 Å². The second-order valence-electron chi connectivity index (χ2n) is 5.70. The monoisotopic (exact) mass is 398 g/mol. The first-order valence-corrected chi connectivity index (χ1v) is 10.3. The minimum Gasteiger partial charge on any atom is -0.296 e. The molecule has 2 heterocycles. The maximum absolute atomic E-state index is 12.5. The van der Waals surface area contributed by atoms with E-state index < -0.39 is 10.0 Å². The quantitative estimate of drug-likeness (QED) is 0.550. The number of carbonyl (C=O) groups excluding carboxylic acids is 1. The molecular weight excluding hydrogens is 384 g/mol. The Kier molecular flexibility index (Phi) is 4.34. The summed E-state index contributed by atoms with van der Waals surface area (Å²) in [5.74, 6) is -0.372. The van der Waals surface area contributed by atoms with Gasteiger partial charge in [-0.15, -0.1) is 0 Å².